The molecule has 4 rings (SSSR count). The zero-order valence-corrected chi connectivity index (χ0v) is 23.3. The van der Waals surface area contributed by atoms with Gasteiger partial charge in [0.05, 0.1) is 53.1 Å². The van der Waals surface area contributed by atoms with Crippen molar-refractivity contribution in [2.75, 3.05) is 30.5 Å². The maximum Gasteiger partial charge on any atom is 0.341 e. The number of nitrogens with one attached hydrogen (secondary N) is 1. The predicted octanol–water partition coefficient (Wildman–Crippen LogP) is 3.65. The number of fused-ring (bicyclic) bond motifs is 2. The number of hydrogen-bond donors (Lipinski definition) is 1. The molecule has 9 nitrogen and oxygen atoms in total. The molecule has 0 saturated carbocycles. The highest BCUT2D eigenvalue weighted by Crippen LogP contribution is 2.39. The quantitative estimate of drug-likeness (QED) is 0.308. The van der Waals surface area contributed by atoms with Crippen molar-refractivity contribution in [1.82, 2.24) is 4.57 Å². The number of methoxy groups -OCH3 is 1. The largest absolute Gasteiger partial charge is 0.465 e. The minimum absolute atomic E-state index is 0.0171. The number of thiazole rings is 1. The lowest BCUT2D eigenvalue weighted by Gasteiger charge is -2.07. The van der Waals surface area contributed by atoms with E-state index in [1.165, 1.54) is 29.8 Å². The molecule has 1 aromatic carbocycles. The van der Waals surface area contributed by atoms with Crippen LogP contribution in [-0.2, 0) is 38.4 Å². The van der Waals surface area contributed by atoms with Crippen LogP contribution in [0.4, 0.5) is 5.00 Å². The minimum Gasteiger partial charge on any atom is -0.465 e. The van der Waals surface area contributed by atoms with Crippen molar-refractivity contribution in [3.63, 3.8) is 0 Å². The Hall–Kier alpha value is -3.40. The summed E-state index contributed by atoms with van der Waals surface area (Å²) >= 11 is 3.77. The highest BCUT2D eigenvalue weighted by molar-refractivity contribution is 8.00. The Labute approximate surface area is 231 Å². The van der Waals surface area contributed by atoms with Gasteiger partial charge in [0, 0.05) is 4.88 Å². The average Bonchev–Trinajstić information content (AvgIpc) is 3.56. The van der Waals surface area contributed by atoms with Gasteiger partial charge in [0.15, 0.2) is 4.80 Å². The summed E-state index contributed by atoms with van der Waals surface area (Å²) in [5.41, 5.74) is 2.55. The molecule has 2 aromatic heterocycles. The molecule has 0 atom stereocenters. The van der Waals surface area contributed by atoms with Crippen LogP contribution in [0.1, 0.15) is 44.5 Å². The third-order valence-corrected chi connectivity index (χ3v) is 8.85. The molecular weight excluding hydrogens is 547 g/mol. The van der Waals surface area contributed by atoms with Gasteiger partial charge in [0.1, 0.15) is 5.00 Å². The molecule has 0 saturated heterocycles. The SMILES string of the molecule is C#CCn1c(=NC(=O)CSCC(=O)Nc2sc3c(c2C(=O)OCC)CCC3)sc2cc(C(=O)OC)ccc21. The van der Waals surface area contributed by atoms with E-state index in [0.29, 0.717) is 20.9 Å². The number of thiophene rings is 1. The second-order valence-corrected chi connectivity index (χ2v) is 11.3. The Bertz CT molecular complexity index is 1530. The molecule has 2 amide bonds. The molecule has 1 aliphatic carbocycles. The number of hydrogen-bond acceptors (Lipinski definition) is 9. The van der Waals surface area contributed by atoms with Gasteiger partial charge >= 0.3 is 11.9 Å². The first-order valence-electron chi connectivity index (χ1n) is 11.8. The Kier molecular flexibility index (Phi) is 9.04. The number of carbonyl (C=O) groups is 4. The third kappa shape index (κ3) is 6.01. The van der Waals surface area contributed by atoms with E-state index in [0.717, 1.165) is 51.7 Å². The Balaban J connectivity index is 1.42. The van der Waals surface area contributed by atoms with Gasteiger partial charge in [-0.15, -0.1) is 29.5 Å². The Morgan fingerprint density at radius 1 is 1.18 bits per heavy atom. The molecule has 0 radical (unpaired) electrons. The number of carbonyl (C=O) groups excluding carboxylic acids is 4. The lowest BCUT2D eigenvalue weighted by molar-refractivity contribution is -0.115. The lowest BCUT2D eigenvalue weighted by atomic mass is 10.1. The average molecular weight is 572 g/mol. The van der Waals surface area contributed by atoms with Gasteiger partial charge in [-0.2, -0.15) is 4.99 Å². The van der Waals surface area contributed by atoms with Gasteiger partial charge in [0.2, 0.25) is 5.91 Å². The summed E-state index contributed by atoms with van der Waals surface area (Å²) in [6.45, 7) is 2.20. The van der Waals surface area contributed by atoms with Gasteiger partial charge in [-0.3, -0.25) is 9.59 Å². The van der Waals surface area contributed by atoms with Gasteiger partial charge in [-0.25, -0.2) is 9.59 Å². The van der Waals surface area contributed by atoms with Crippen LogP contribution >= 0.6 is 34.4 Å². The summed E-state index contributed by atoms with van der Waals surface area (Å²) in [7, 11) is 1.31. The topological polar surface area (TPSA) is 116 Å². The molecule has 2 heterocycles. The highest BCUT2D eigenvalue weighted by atomic mass is 32.2. The van der Waals surface area contributed by atoms with Crippen LogP contribution in [0.15, 0.2) is 23.2 Å². The van der Waals surface area contributed by atoms with Crippen molar-refractivity contribution < 1.29 is 28.7 Å². The van der Waals surface area contributed by atoms with E-state index >= 15 is 0 Å². The van der Waals surface area contributed by atoms with Crippen molar-refractivity contribution in [3.05, 3.63) is 44.6 Å². The Morgan fingerprint density at radius 3 is 2.74 bits per heavy atom. The zero-order chi connectivity index (χ0) is 27.2. The lowest BCUT2D eigenvalue weighted by Crippen LogP contribution is -2.19. The molecule has 198 valence electrons. The molecule has 0 unspecified atom stereocenters. The number of terminal acetylenes is 1. The first kappa shape index (κ1) is 27.6. The van der Waals surface area contributed by atoms with Gasteiger partial charge < -0.3 is 19.4 Å². The summed E-state index contributed by atoms with van der Waals surface area (Å²) in [6, 6.07) is 5.04. The number of aryl methyl sites for hydroxylation is 1. The standard InChI is InChI=1S/C26H25N3O6S3/c1-4-11-29-17-10-9-15(24(32)34-3)12-19(17)38-26(29)28-21(31)14-36-13-20(30)27-23-22(25(33)35-5-2)16-7-6-8-18(16)37-23/h1,9-10,12H,5-8,11,13-14H2,2-3H3,(H,27,30). The third-order valence-electron chi connectivity index (χ3n) is 5.69. The van der Waals surface area contributed by atoms with Crippen molar-refractivity contribution in [2.24, 2.45) is 4.99 Å². The van der Waals surface area contributed by atoms with Crippen LogP contribution in [0.25, 0.3) is 10.2 Å². The number of rotatable bonds is 9. The fraction of sp³-hybridized carbons (Fsp3) is 0.346. The second-order valence-electron chi connectivity index (χ2n) is 8.18. The number of benzene rings is 1. The van der Waals surface area contributed by atoms with Gasteiger partial charge in [-0.05, 0) is 49.9 Å². The molecule has 0 bridgehead atoms. The molecule has 1 aliphatic rings. The predicted molar refractivity (Wildman–Crippen MR) is 149 cm³/mol. The van der Waals surface area contributed by atoms with E-state index in [4.69, 9.17) is 15.9 Å². The monoisotopic (exact) mass is 571 g/mol. The maximum absolute atomic E-state index is 12.6. The summed E-state index contributed by atoms with van der Waals surface area (Å²) in [5, 5.41) is 3.32. The fourth-order valence-corrected chi connectivity index (χ4v) is 7.07. The van der Waals surface area contributed by atoms with E-state index in [1.54, 1.807) is 29.7 Å². The number of aromatic nitrogens is 1. The van der Waals surface area contributed by atoms with Crippen molar-refractivity contribution in [1.29, 1.82) is 0 Å². The molecule has 0 spiro atoms. The molecule has 0 fully saturated rings. The molecular formula is C26H25N3O6S3. The summed E-state index contributed by atoms with van der Waals surface area (Å²) in [6.07, 6.45) is 8.17. The van der Waals surface area contributed by atoms with Crippen LogP contribution in [-0.4, -0.2) is 53.5 Å². The van der Waals surface area contributed by atoms with Gasteiger partial charge in [0.25, 0.3) is 5.91 Å². The normalized spacial score (nSPS) is 12.7. The summed E-state index contributed by atoms with van der Waals surface area (Å²) in [4.78, 5) is 55.3. The maximum atomic E-state index is 12.6. The zero-order valence-electron chi connectivity index (χ0n) is 20.8. The van der Waals surface area contributed by atoms with Crippen molar-refractivity contribution in [3.8, 4) is 12.3 Å². The van der Waals surface area contributed by atoms with E-state index in [1.807, 2.05) is 0 Å². The van der Waals surface area contributed by atoms with E-state index in [-0.39, 0.29) is 30.6 Å². The smallest absolute Gasteiger partial charge is 0.341 e. The molecule has 3 aromatic rings. The first-order chi connectivity index (χ1) is 18.4. The number of esters is 2. The minimum atomic E-state index is -0.463. The number of ether oxygens (including phenoxy) is 2. The highest BCUT2D eigenvalue weighted by Gasteiger charge is 2.28. The van der Waals surface area contributed by atoms with Gasteiger partial charge in [-0.1, -0.05) is 17.3 Å². The van der Waals surface area contributed by atoms with Crippen molar-refractivity contribution in [2.45, 2.75) is 32.7 Å². The van der Waals surface area contributed by atoms with Crippen LogP contribution in [0.2, 0.25) is 0 Å². The first-order valence-corrected chi connectivity index (χ1v) is 14.6. The van der Waals surface area contributed by atoms with E-state index < -0.39 is 17.8 Å². The Morgan fingerprint density at radius 2 is 2.00 bits per heavy atom. The molecule has 12 heteroatoms. The van der Waals surface area contributed by atoms with E-state index in [9.17, 15) is 19.2 Å². The van der Waals surface area contributed by atoms with Crippen LogP contribution in [0, 0.1) is 12.3 Å². The van der Waals surface area contributed by atoms with E-state index in [2.05, 4.69) is 16.2 Å². The summed E-state index contributed by atoms with van der Waals surface area (Å²) < 4.78 is 12.4. The number of anilines is 1. The number of amides is 2. The molecule has 1 N–H and O–H groups in total. The summed E-state index contributed by atoms with van der Waals surface area (Å²) in [5.74, 6) is 0.938. The van der Waals surface area contributed by atoms with Crippen LogP contribution in [0.5, 0.6) is 0 Å². The second kappa shape index (κ2) is 12.4. The number of thioether (sulfide) groups is 1. The fourth-order valence-electron chi connectivity index (χ4n) is 4.09. The van der Waals surface area contributed by atoms with Crippen LogP contribution < -0.4 is 10.1 Å². The number of nitrogens with zero attached hydrogens (tertiary/aromatic N) is 2. The van der Waals surface area contributed by atoms with Crippen molar-refractivity contribution >= 4 is 73.4 Å². The van der Waals surface area contributed by atoms with Crippen LogP contribution in [0.3, 0.4) is 0 Å². The molecule has 38 heavy (non-hydrogen) atoms. The molecule has 0 aliphatic heterocycles.